The van der Waals surface area contributed by atoms with Crippen LogP contribution in [0, 0.1) is 13.8 Å². The molecule has 0 amide bonds. The fraction of sp³-hybridized carbons (Fsp3) is 0.304. The van der Waals surface area contributed by atoms with E-state index in [1.165, 1.54) is 22.3 Å². The first kappa shape index (κ1) is 18.5. The van der Waals surface area contributed by atoms with E-state index >= 15 is 0 Å². The monoisotopic (exact) mass is 364 g/mol. The van der Waals surface area contributed by atoms with Crippen LogP contribution in [0.25, 0.3) is 0 Å². The van der Waals surface area contributed by atoms with Gasteiger partial charge in [0.1, 0.15) is 11.5 Å². The highest BCUT2D eigenvalue weighted by Gasteiger charge is 2.24. The third-order valence-electron chi connectivity index (χ3n) is 5.28. The third kappa shape index (κ3) is 3.94. The summed E-state index contributed by atoms with van der Waals surface area (Å²) in [5.41, 5.74) is 5.67. The average molecular weight is 365 g/mol. The molecule has 136 valence electrons. The Labute approximate surface area is 158 Å². The van der Waals surface area contributed by atoms with Gasteiger partial charge in [0.2, 0.25) is 0 Å². The zero-order chi connectivity index (χ0) is 18.5. The van der Waals surface area contributed by atoms with Gasteiger partial charge in [0, 0.05) is 0 Å². The minimum atomic E-state index is -1.20. The van der Waals surface area contributed by atoms with Crippen molar-refractivity contribution < 1.29 is 9.47 Å². The molecular weight excluding hydrogens is 336 g/mol. The predicted octanol–water partition coefficient (Wildman–Crippen LogP) is 4.91. The van der Waals surface area contributed by atoms with Crippen LogP contribution in [0.3, 0.4) is 0 Å². The molecule has 3 heteroatoms. The summed E-state index contributed by atoms with van der Waals surface area (Å²) in [7, 11) is 2.36. The Hall–Kier alpha value is -2.26. The first-order chi connectivity index (χ1) is 12.6. The molecule has 0 saturated heterocycles. The van der Waals surface area contributed by atoms with Crippen LogP contribution in [0.5, 0.6) is 11.5 Å². The molecule has 0 bridgehead atoms. The zero-order valence-electron chi connectivity index (χ0n) is 16.2. The first-order valence-corrected chi connectivity index (χ1v) is 11.5. The van der Waals surface area contributed by atoms with Crippen LogP contribution in [0.2, 0.25) is 5.54 Å². The number of hydrogen-bond donors (Lipinski definition) is 0. The molecular formula is C23H28O2Si. The van der Waals surface area contributed by atoms with Crippen molar-refractivity contribution in [2.45, 2.75) is 31.5 Å². The number of hydrogen-bond acceptors (Lipinski definition) is 2. The Morgan fingerprint density at radius 1 is 0.769 bits per heavy atom. The van der Waals surface area contributed by atoms with E-state index < -0.39 is 8.80 Å². The average Bonchev–Trinajstić information content (AvgIpc) is 3.16. The normalized spacial score (nSPS) is 13.6. The Balaban J connectivity index is 1.92. The molecule has 0 N–H and O–H groups in total. The van der Waals surface area contributed by atoms with Gasteiger partial charge in [-0.3, -0.25) is 0 Å². The second-order valence-electron chi connectivity index (χ2n) is 7.05. The minimum Gasteiger partial charge on any atom is -0.496 e. The summed E-state index contributed by atoms with van der Waals surface area (Å²) in [6, 6.07) is 15.2. The molecule has 0 spiro atoms. The molecule has 0 heterocycles. The molecule has 2 nitrogen and oxygen atoms in total. The van der Waals surface area contributed by atoms with Crippen molar-refractivity contribution in [1.82, 2.24) is 0 Å². The van der Waals surface area contributed by atoms with Crippen LogP contribution in [0.15, 0.2) is 60.7 Å². The van der Waals surface area contributed by atoms with E-state index in [4.69, 9.17) is 9.47 Å². The summed E-state index contributed by atoms with van der Waals surface area (Å²) >= 11 is 0. The van der Waals surface area contributed by atoms with Gasteiger partial charge in [-0.25, -0.2) is 0 Å². The van der Waals surface area contributed by atoms with E-state index in [0.29, 0.717) is 5.54 Å². The van der Waals surface area contributed by atoms with Gasteiger partial charge in [-0.15, -0.1) is 0 Å². The molecule has 1 aliphatic rings. The number of aryl methyl sites for hydroxylation is 2. The van der Waals surface area contributed by atoms with Crippen molar-refractivity contribution in [2.75, 3.05) is 14.2 Å². The second kappa shape index (κ2) is 8.41. The van der Waals surface area contributed by atoms with Crippen molar-refractivity contribution in [3.63, 3.8) is 0 Å². The fourth-order valence-corrected chi connectivity index (χ4v) is 7.35. The van der Waals surface area contributed by atoms with E-state index in [2.05, 4.69) is 74.5 Å². The molecule has 0 radical (unpaired) electrons. The molecule has 3 rings (SSSR count). The van der Waals surface area contributed by atoms with Crippen LogP contribution < -0.4 is 9.47 Å². The number of methoxy groups -OCH3 is 2. The maximum Gasteiger partial charge on any atom is 0.124 e. The van der Waals surface area contributed by atoms with Crippen LogP contribution in [0.4, 0.5) is 0 Å². The van der Waals surface area contributed by atoms with Gasteiger partial charge >= 0.3 is 0 Å². The summed E-state index contributed by atoms with van der Waals surface area (Å²) in [5, 5.41) is 0. The highest BCUT2D eigenvalue weighted by molar-refractivity contribution is 6.60. The molecule has 26 heavy (non-hydrogen) atoms. The maximum atomic E-state index is 5.72. The number of benzene rings is 2. The van der Waals surface area contributed by atoms with E-state index in [9.17, 15) is 0 Å². The highest BCUT2D eigenvalue weighted by atomic mass is 28.3. The van der Waals surface area contributed by atoms with E-state index in [1.807, 2.05) is 0 Å². The van der Waals surface area contributed by atoms with Gasteiger partial charge in [0.05, 0.1) is 23.0 Å². The number of ether oxygens (including phenoxy) is 2. The number of para-hydroxylation sites is 2. The fourth-order valence-electron chi connectivity index (χ4n) is 4.00. The lowest BCUT2D eigenvalue weighted by Crippen LogP contribution is -2.26. The SMILES string of the molecule is COc1c(C)cccc1C[SiH](Cc1cccc(C)c1OC)C1C=CC=C1. The topological polar surface area (TPSA) is 18.5 Å². The Kier molecular flexibility index (Phi) is 5.99. The zero-order valence-corrected chi connectivity index (χ0v) is 17.3. The number of rotatable bonds is 7. The Morgan fingerprint density at radius 2 is 1.23 bits per heavy atom. The lowest BCUT2D eigenvalue weighted by molar-refractivity contribution is 0.407. The summed E-state index contributed by atoms with van der Waals surface area (Å²) in [5.74, 6) is 2.10. The van der Waals surface area contributed by atoms with Gasteiger partial charge in [-0.2, -0.15) is 0 Å². The van der Waals surface area contributed by atoms with Crippen molar-refractivity contribution in [1.29, 1.82) is 0 Å². The van der Waals surface area contributed by atoms with E-state index in [-0.39, 0.29) is 0 Å². The highest BCUT2D eigenvalue weighted by Crippen LogP contribution is 2.32. The molecule has 0 atom stereocenters. The molecule has 2 aromatic carbocycles. The third-order valence-corrected chi connectivity index (χ3v) is 8.74. The molecule has 0 saturated carbocycles. The van der Waals surface area contributed by atoms with E-state index in [1.54, 1.807) is 14.2 Å². The largest absolute Gasteiger partial charge is 0.496 e. The minimum absolute atomic E-state index is 0.574. The smallest absolute Gasteiger partial charge is 0.124 e. The van der Waals surface area contributed by atoms with Crippen molar-refractivity contribution in [3.05, 3.63) is 83.0 Å². The summed E-state index contributed by atoms with van der Waals surface area (Å²) in [6.45, 7) is 4.25. The molecule has 0 unspecified atom stereocenters. The Morgan fingerprint density at radius 3 is 1.65 bits per heavy atom. The number of allylic oxidation sites excluding steroid dienone is 4. The van der Waals surface area contributed by atoms with Gasteiger partial charge in [-0.05, 0) is 53.7 Å². The van der Waals surface area contributed by atoms with Crippen LogP contribution in [-0.4, -0.2) is 23.0 Å². The molecule has 0 aromatic heterocycles. The molecule has 1 aliphatic carbocycles. The van der Waals surface area contributed by atoms with E-state index in [0.717, 1.165) is 23.6 Å². The van der Waals surface area contributed by atoms with Crippen molar-refractivity contribution >= 4 is 8.80 Å². The van der Waals surface area contributed by atoms with Crippen LogP contribution in [0.1, 0.15) is 22.3 Å². The van der Waals surface area contributed by atoms with Gasteiger partial charge in [0.25, 0.3) is 0 Å². The van der Waals surface area contributed by atoms with Crippen LogP contribution in [-0.2, 0) is 12.1 Å². The molecule has 0 fully saturated rings. The summed E-state index contributed by atoms with van der Waals surface area (Å²) in [4.78, 5) is 0. The summed E-state index contributed by atoms with van der Waals surface area (Å²) in [6.07, 6.45) is 9.10. The van der Waals surface area contributed by atoms with Gasteiger partial charge in [0.15, 0.2) is 0 Å². The van der Waals surface area contributed by atoms with Gasteiger partial charge < -0.3 is 9.47 Å². The quantitative estimate of drug-likeness (QED) is 0.650. The van der Waals surface area contributed by atoms with Crippen molar-refractivity contribution in [2.24, 2.45) is 0 Å². The Bertz CT molecular complexity index is 755. The van der Waals surface area contributed by atoms with Crippen LogP contribution >= 0.6 is 0 Å². The predicted molar refractivity (Wildman–Crippen MR) is 112 cm³/mol. The lowest BCUT2D eigenvalue weighted by Gasteiger charge is -2.23. The summed E-state index contributed by atoms with van der Waals surface area (Å²) < 4.78 is 11.4. The molecule has 0 aliphatic heterocycles. The van der Waals surface area contributed by atoms with Crippen molar-refractivity contribution in [3.8, 4) is 11.5 Å². The second-order valence-corrected chi connectivity index (χ2v) is 10.2. The first-order valence-electron chi connectivity index (χ1n) is 9.24. The molecule has 2 aromatic rings. The lowest BCUT2D eigenvalue weighted by atomic mass is 10.1. The maximum absolute atomic E-state index is 5.72. The van der Waals surface area contributed by atoms with Gasteiger partial charge in [-0.1, -0.05) is 60.7 Å². The standard InChI is InChI=1S/C23H28O2Si/c1-17-9-7-11-19(22(17)24-3)15-26(21-13-5-6-14-21)16-20-12-8-10-18(2)23(20)25-4/h5-14,21,26H,15-16H2,1-4H3.